The minimum atomic E-state index is -0.884. The second-order valence-electron chi connectivity index (χ2n) is 4.23. The summed E-state index contributed by atoms with van der Waals surface area (Å²) >= 11 is 0. The monoisotopic (exact) mass is 272 g/mol. The van der Waals surface area contributed by atoms with Crippen molar-refractivity contribution in [3.8, 4) is 17.6 Å². The van der Waals surface area contributed by atoms with Gasteiger partial charge in [0.25, 0.3) is 0 Å². The molecule has 3 heteroatoms. The van der Waals surface area contributed by atoms with E-state index in [2.05, 4.69) is 11.8 Å². The molecule has 0 aliphatic heterocycles. The van der Waals surface area contributed by atoms with Gasteiger partial charge in [-0.3, -0.25) is 0 Å². The maximum atomic E-state index is 13.8. The average Bonchev–Trinajstić information content (AvgIpc) is 2.49. The van der Waals surface area contributed by atoms with E-state index in [9.17, 15) is 8.78 Å². The van der Waals surface area contributed by atoms with E-state index in [1.54, 1.807) is 44.4 Å². The van der Waals surface area contributed by atoms with Crippen LogP contribution in [0.4, 0.5) is 8.78 Å². The Bertz CT molecular complexity index is 664. The summed E-state index contributed by atoms with van der Waals surface area (Å²) in [6.45, 7) is 1.78. The molecule has 0 atom stereocenters. The van der Waals surface area contributed by atoms with Crippen LogP contribution >= 0.6 is 0 Å². The lowest BCUT2D eigenvalue weighted by molar-refractivity contribution is 0.415. The zero-order chi connectivity index (χ0) is 14.5. The maximum Gasteiger partial charge on any atom is 0.174 e. The highest BCUT2D eigenvalue weighted by atomic mass is 19.2. The molecule has 0 aliphatic rings. The lowest BCUT2D eigenvalue weighted by Gasteiger charge is -2.02. The fourth-order valence-electron chi connectivity index (χ4n) is 1.77. The minimum absolute atomic E-state index is 0.0653. The van der Waals surface area contributed by atoms with Gasteiger partial charge in [-0.05, 0) is 42.3 Å². The van der Waals surface area contributed by atoms with E-state index in [1.807, 2.05) is 0 Å². The topological polar surface area (TPSA) is 9.23 Å². The largest absolute Gasteiger partial charge is 0.497 e. The molecule has 2 aromatic carbocycles. The van der Waals surface area contributed by atoms with Gasteiger partial charge in [-0.1, -0.05) is 24.8 Å². The van der Waals surface area contributed by atoms with Gasteiger partial charge >= 0.3 is 0 Å². The molecule has 0 radical (unpaired) electrons. The number of hydrogen-bond donors (Lipinski definition) is 0. The van der Waals surface area contributed by atoms with Crippen LogP contribution < -0.4 is 4.74 Å². The third-order valence-electron chi connectivity index (χ3n) is 2.97. The van der Waals surface area contributed by atoms with Crippen LogP contribution in [0.1, 0.15) is 23.6 Å². The van der Waals surface area contributed by atoms with Crippen LogP contribution in [0.2, 0.25) is 0 Å². The smallest absolute Gasteiger partial charge is 0.174 e. The normalized spacial score (nSPS) is 9.80. The van der Waals surface area contributed by atoms with Gasteiger partial charge in [0.05, 0.1) is 12.7 Å². The lowest BCUT2D eigenvalue weighted by Crippen LogP contribution is -1.96. The molecule has 0 saturated heterocycles. The highest BCUT2D eigenvalue weighted by Gasteiger charge is 2.10. The summed E-state index contributed by atoms with van der Waals surface area (Å²) in [4.78, 5) is 0. The molecular formula is C17H14F2O. The number of ether oxygens (including phenoxy) is 1. The van der Waals surface area contributed by atoms with Gasteiger partial charge in [0.2, 0.25) is 0 Å². The fraction of sp³-hybridized carbons (Fsp3) is 0.176. The molecule has 0 fully saturated rings. The summed E-state index contributed by atoms with van der Waals surface area (Å²) in [5.41, 5.74) is 1.14. The summed E-state index contributed by atoms with van der Waals surface area (Å²) in [5, 5.41) is 0. The van der Waals surface area contributed by atoms with E-state index in [-0.39, 0.29) is 5.56 Å². The first-order chi connectivity index (χ1) is 9.65. The number of rotatable bonds is 2. The van der Waals surface area contributed by atoms with E-state index in [0.29, 0.717) is 17.5 Å². The number of halogens is 2. The van der Waals surface area contributed by atoms with Gasteiger partial charge in [0.15, 0.2) is 11.6 Å². The van der Waals surface area contributed by atoms with E-state index in [1.165, 1.54) is 6.07 Å². The first-order valence-electron chi connectivity index (χ1n) is 6.28. The Kier molecular flexibility index (Phi) is 4.37. The van der Waals surface area contributed by atoms with Gasteiger partial charge in [-0.15, -0.1) is 0 Å². The number of hydrogen-bond acceptors (Lipinski definition) is 1. The zero-order valence-corrected chi connectivity index (χ0v) is 11.3. The highest BCUT2D eigenvalue weighted by Crippen LogP contribution is 2.16. The molecular weight excluding hydrogens is 258 g/mol. The fourth-order valence-corrected chi connectivity index (χ4v) is 1.77. The standard InChI is InChI=1S/C17H14F2O/c1-3-13-8-9-14(17(19)16(13)18)7-4-12-5-10-15(20-2)11-6-12/h5-6,8-11H,3H2,1-2H3. The Hall–Kier alpha value is -2.34. The van der Waals surface area contributed by atoms with Gasteiger partial charge in [0.1, 0.15) is 5.75 Å². The van der Waals surface area contributed by atoms with Crippen LogP contribution in [-0.2, 0) is 6.42 Å². The van der Waals surface area contributed by atoms with Crippen LogP contribution in [0, 0.1) is 23.5 Å². The van der Waals surface area contributed by atoms with E-state index < -0.39 is 11.6 Å². The first-order valence-corrected chi connectivity index (χ1v) is 6.28. The summed E-state index contributed by atoms with van der Waals surface area (Å²) in [7, 11) is 1.58. The molecule has 0 aliphatic carbocycles. The maximum absolute atomic E-state index is 13.8. The quantitative estimate of drug-likeness (QED) is 0.752. The second-order valence-corrected chi connectivity index (χ2v) is 4.23. The van der Waals surface area contributed by atoms with Gasteiger partial charge < -0.3 is 4.74 Å². The SMILES string of the molecule is CCc1ccc(C#Cc2ccc(OC)cc2)c(F)c1F. The van der Waals surface area contributed by atoms with Crippen molar-refractivity contribution in [2.75, 3.05) is 7.11 Å². The minimum Gasteiger partial charge on any atom is -0.497 e. The summed E-state index contributed by atoms with van der Waals surface area (Å²) in [5.74, 6) is 4.49. The van der Waals surface area contributed by atoms with Gasteiger partial charge in [-0.2, -0.15) is 0 Å². The predicted molar refractivity (Wildman–Crippen MR) is 74.7 cm³/mol. The Labute approximate surface area is 117 Å². The molecule has 20 heavy (non-hydrogen) atoms. The summed E-state index contributed by atoms with van der Waals surface area (Å²) in [6.07, 6.45) is 0.453. The molecule has 0 aromatic heterocycles. The van der Waals surface area contributed by atoms with Gasteiger partial charge in [-0.25, -0.2) is 8.78 Å². The molecule has 0 amide bonds. The highest BCUT2D eigenvalue weighted by molar-refractivity contribution is 5.45. The Morgan fingerprint density at radius 1 is 0.950 bits per heavy atom. The molecule has 0 saturated carbocycles. The Balaban J connectivity index is 2.30. The van der Waals surface area contributed by atoms with E-state index >= 15 is 0 Å². The van der Waals surface area contributed by atoms with E-state index in [0.717, 1.165) is 5.75 Å². The number of methoxy groups -OCH3 is 1. The molecule has 0 heterocycles. The van der Waals surface area contributed by atoms with Crippen LogP contribution in [0.3, 0.4) is 0 Å². The molecule has 102 valence electrons. The second kappa shape index (κ2) is 6.21. The molecule has 1 nitrogen and oxygen atoms in total. The lowest BCUT2D eigenvalue weighted by atomic mass is 10.1. The van der Waals surface area contributed by atoms with Crippen molar-refractivity contribution in [3.05, 3.63) is 64.7 Å². The van der Waals surface area contributed by atoms with Crippen LogP contribution in [-0.4, -0.2) is 7.11 Å². The predicted octanol–water partition coefficient (Wildman–Crippen LogP) is 3.94. The van der Waals surface area contributed by atoms with Crippen LogP contribution in [0.5, 0.6) is 5.75 Å². The summed E-state index contributed by atoms with van der Waals surface area (Å²) < 4.78 is 32.4. The molecule has 2 rings (SSSR count). The molecule has 2 aromatic rings. The third kappa shape index (κ3) is 2.97. The van der Waals surface area contributed by atoms with Crippen LogP contribution in [0.15, 0.2) is 36.4 Å². The van der Waals surface area contributed by atoms with Crippen molar-refractivity contribution >= 4 is 0 Å². The number of aryl methyl sites for hydroxylation is 1. The average molecular weight is 272 g/mol. The Morgan fingerprint density at radius 3 is 2.25 bits per heavy atom. The van der Waals surface area contributed by atoms with Crippen molar-refractivity contribution in [1.29, 1.82) is 0 Å². The molecule has 0 N–H and O–H groups in total. The van der Waals surface area contributed by atoms with Crippen molar-refractivity contribution in [2.45, 2.75) is 13.3 Å². The zero-order valence-electron chi connectivity index (χ0n) is 11.3. The summed E-state index contributed by atoms with van der Waals surface area (Å²) in [6, 6.07) is 10.1. The molecule has 0 unspecified atom stereocenters. The van der Waals surface area contributed by atoms with E-state index in [4.69, 9.17) is 4.74 Å². The van der Waals surface area contributed by atoms with Crippen molar-refractivity contribution in [1.82, 2.24) is 0 Å². The number of benzene rings is 2. The van der Waals surface area contributed by atoms with Crippen LogP contribution in [0.25, 0.3) is 0 Å². The molecule has 0 bridgehead atoms. The third-order valence-corrected chi connectivity index (χ3v) is 2.97. The molecule has 0 spiro atoms. The Morgan fingerprint density at radius 2 is 1.65 bits per heavy atom. The van der Waals surface area contributed by atoms with Gasteiger partial charge in [0, 0.05) is 5.56 Å². The van der Waals surface area contributed by atoms with Crippen molar-refractivity contribution in [2.24, 2.45) is 0 Å². The van der Waals surface area contributed by atoms with Crippen molar-refractivity contribution in [3.63, 3.8) is 0 Å². The van der Waals surface area contributed by atoms with Crippen molar-refractivity contribution < 1.29 is 13.5 Å². The first kappa shape index (κ1) is 14.1.